The largest absolute Gasteiger partial charge is 0.356 e. The standard InChI is InChI=1S/C20H32N6S.HI/c1-16-13-24-26(15-16)11-6-9-22-20(21-2)23-14-17-7-4-10-25(3)19(17)18-8-5-12-27-18;/h5,8,12-13,15,17,19H,4,6-7,9-11,14H2,1-3H3,(H2,21,22,23);1H. The molecule has 8 heteroatoms. The summed E-state index contributed by atoms with van der Waals surface area (Å²) in [6, 6.07) is 4.94. The van der Waals surface area contributed by atoms with E-state index in [9.17, 15) is 0 Å². The molecule has 1 aliphatic rings. The molecule has 2 aromatic rings. The van der Waals surface area contributed by atoms with Gasteiger partial charge in [0, 0.05) is 43.8 Å². The van der Waals surface area contributed by atoms with Crippen LogP contribution in [0.1, 0.15) is 35.7 Å². The van der Waals surface area contributed by atoms with Gasteiger partial charge in [-0.1, -0.05) is 6.07 Å². The number of likely N-dealkylation sites (tertiary alicyclic amines) is 1. The number of aliphatic imine (C=N–C) groups is 1. The Bertz CT molecular complexity index is 714. The van der Waals surface area contributed by atoms with Gasteiger partial charge in [-0.05, 0) is 62.7 Å². The second-order valence-electron chi connectivity index (χ2n) is 7.36. The second-order valence-corrected chi connectivity index (χ2v) is 8.34. The molecule has 156 valence electrons. The topological polar surface area (TPSA) is 57.5 Å². The van der Waals surface area contributed by atoms with E-state index in [4.69, 9.17) is 0 Å². The molecule has 0 aliphatic carbocycles. The lowest BCUT2D eigenvalue weighted by Gasteiger charge is -2.39. The zero-order chi connectivity index (χ0) is 19.1. The van der Waals surface area contributed by atoms with Gasteiger partial charge in [-0.15, -0.1) is 35.3 Å². The molecule has 0 aromatic carbocycles. The Balaban J connectivity index is 0.00000280. The fraction of sp³-hybridized carbons (Fsp3) is 0.600. The monoisotopic (exact) mass is 516 g/mol. The lowest BCUT2D eigenvalue weighted by molar-refractivity contribution is 0.125. The number of rotatable bonds is 7. The van der Waals surface area contributed by atoms with Gasteiger partial charge in [0.2, 0.25) is 0 Å². The smallest absolute Gasteiger partial charge is 0.190 e. The van der Waals surface area contributed by atoms with E-state index in [1.807, 2.05) is 29.3 Å². The Morgan fingerprint density at radius 2 is 2.25 bits per heavy atom. The number of aryl methyl sites for hydroxylation is 2. The van der Waals surface area contributed by atoms with Crippen LogP contribution in [-0.4, -0.2) is 54.4 Å². The molecule has 28 heavy (non-hydrogen) atoms. The highest BCUT2D eigenvalue weighted by atomic mass is 127. The summed E-state index contributed by atoms with van der Waals surface area (Å²) in [6.45, 7) is 6.01. The van der Waals surface area contributed by atoms with Crippen LogP contribution in [0.3, 0.4) is 0 Å². The van der Waals surface area contributed by atoms with Gasteiger partial charge >= 0.3 is 0 Å². The molecule has 1 fully saturated rings. The van der Waals surface area contributed by atoms with Crippen LogP contribution >= 0.6 is 35.3 Å². The van der Waals surface area contributed by atoms with Crippen molar-refractivity contribution in [2.24, 2.45) is 10.9 Å². The highest BCUT2D eigenvalue weighted by Crippen LogP contribution is 2.36. The summed E-state index contributed by atoms with van der Waals surface area (Å²) in [5.74, 6) is 1.50. The molecule has 0 bridgehead atoms. The van der Waals surface area contributed by atoms with Crippen LogP contribution in [0.5, 0.6) is 0 Å². The van der Waals surface area contributed by atoms with Gasteiger partial charge in [0.15, 0.2) is 5.96 Å². The van der Waals surface area contributed by atoms with E-state index in [1.54, 1.807) is 0 Å². The highest BCUT2D eigenvalue weighted by Gasteiger charge is 2.31. The number of hydrogen-bond acceptors (Lipinski definition) is 4. The molecule has 0 amide bonds. The third-order valence-corrected chi connectivity index (χ3v) is 6.16. The van der Waals surface area contributed by atoms with Crippen molar-refractivity contribution >= 4 is 41.3 Å². The van der Waals surface area contributed by atoms with E-state index in [0.717, 1.165) is 32.0 Å². The van der Waals surface area contributed by atoms with Gasteiger partial charge in [0.25, 0.3) is 0 Å². The van der Waals surface area contributed by atoms with E-state index >= 15 is 0 Å². The molecule has 3 heterocycles. The predicted octanol–water partition coefficient (Wildman–Crippen LogP) is 3.51. The Hall–Kier alpha value is -1.13. The molecule has 2 aromatic heterocycles. The molecule has 0 spiro atoms. The minimum Gasteiger partial charge on any atom is -0.356 e. The minimum absolute atomic E-state index is 0. The quantitative estimate of drug-likeness (QED) is 0.256. The summed E-state index contributed by atoms with van der Waals surface area (Å²) in [5, 5.41) is 13.5. The van der Waals surface area contributed by atoms with Crippen LogP contribution in [0, 0.1) is 12.8 Å². The Morgan fingerprint density at radius 1 is 1.39 bits per heavy atom. The van der Waals surface area contributed by atoms with E-state index < -0.39 is 0 Å². The van der Waals surface area contributed by atoms with Gasteiger partial charge < -0.3 is 10.6 Å². The van der Waals surface area contributed by atoms with Crippen molar-refractivity contribution in [2.75, 3.05) is 33.7 Å². The summed E-state index contributed by atoms with van der Waals surface area (Å²) < 4.78 is 2.00. The summed E-state index contributed by atoms with van der Waals surface area (Å²) in [6.07, 6.45) is 7.53. The fourth-order valence-electron chi connectivity index (χ4n) is 3.87. The number of piperidine rings is 1. The van der Waals surface area contributed by atoms with Crippen molar-refractivity contribution in [2.45, 2.75) is 38.8 Å². The lowest BCUT2D eigenvalue weighted by Crippen LogP contribution is -2.45. The van der Waals surface area contributed by atoms with Crippen molar-refractivity contribution < 1.29 is 0 Å². The van der Waals surface area contributed by atoms with Crippen molar-refractivity contribution in [3.05, 3.63) is 40.3 Å². The average molecular weight is 516 g/mol. The van der Waals surface area contributed by atoms with Gasteiger partial charge in [0.05, 0.1) is 6.20 Å². The highest BCUT2D eigenvalue weighted by molar-refractivity contribution is 14.0. The summed E-state index contributed by atoms with van der Waals surface area (Å²) >= 11 is 1.87. The summed E-state index contributed by atoms with van der Waals surface area (Å²) in [4.78, 5) is 8.37. The van der Waals surface area contributed by atoms with Crippen LogP contribution in [0.15, 0.2) is 34.9 Å². The van der Waals surface area contributed by atoms with Crippen LogP contribution in [0.2, 0.25) is 0 Å². The Morgan fingerprint density at radius 3 is 2.93 bits per heavy atom. The molecule has 2 unspecified atom stereocenters. The van der Waals surface area contributed by atoms with Gasteiger partial charge in [-0.2, -0.15) is 5.10 Å². The van der Waals surface area contributed by atoms with E-state index in [0.29, 0.717) is 12.0 Å². The van der Waals surface area contributed by atoms with E-state index in [-0.39, 0.29) is 24.0 Å². The third-order valence-electron chi connectivity index (χ3n) is 5.22. The molecule has 3 rings (SSSR count). The zero-order valence-electron chi connectivity index (χ0n) is 17.1. The van der Waals surface area contributed by atoms with Crippen LogP contribution in [0.25, 0.3) is 0 Å². The first-order valence-electron chi connectivity index (χ1n) is 9.84. The molecular weight excluding hydrogens is 483 g/mol. The summed E-state index contributed by atoms with van der Waals surface area (Å²) in [7, 11) is 4.09. The maximum absolute atomic E-state index is 4.39. The van der Waals surface area contributed by atoms with Crippen molar-refractivity contribution in [3.8, 4) is 0 Å². The van der Waals surface area contributed by atoms with Crippen LogP contribution < -0.4 is 10.6 Å². The molecule has 2 N–H and O–H groups in total. The van der Waals surface area contributed by atoms with Gasteiger partial charge in [0.1, 0.15) is 0 Å². The Kier molecular flexibility index (Phi) is 9.73. The maximum Gasteiger partial charge on any atom is 0.190 e. The normalized spacial score (nSPS) is 20.6. The zero-order valence-corrected chi connectivity index (χ0v) is 20.2. The molecule has 0 radical (unpaired) electrons. The molecule has 1 aliphatic heterocycles. The number of hydrogen-bond donors (Lipinski definition) is 2. The number of nitrogens with one attached hydrogen (secondary N) is 2. The van der Waals surface area contributed by atoms with Crippen LogP contribution in [0.4, 0.5) is 0 Å². The molecule has 2 atom stereocenters. The van der Waals surface area contributed by atoms with Crippen molar-refractivity contribution in [1.82, 2.24) is 25.3 Å². The lowest BCUT2D eigenvalue weighted by atomic mass is 9.88. The van der Waals surface area contributed by atoms with Gasteiger partial charge in [-0.25, -0.2) is 0 Å². The molecule has 0 saturated carbocycles. The summed E-state index contributed by atoms with van der Waals surface area (Å²) in [5.41, 5.74) is 1.21. The molecular formula is C20H33IN6S. The van der Waals surface area contributed by atoms with E-state index in [1.165, 1.54) is 29.8 Å². The number of aromatic nitrogens is 2. The predicted molar refractivity (Wildman–Crippen MR) is 129 cm³/mol. The first-order chi connectivity index (χ1) is 13.2. The number of halogens is 1. The SMILES string of the molecule is CN=C(NCCCn1cc(C)cn1)NCC1CCCN(C)C1c1cccs1.I. The fourth-order valence-corrected chi connectivity index (χ4v) is 4.85. The number of nitrogens with zero attached hydrogens (tertiary/aromatic N) is 4. The molecule has 6 nitrogen and oxygen atoms in total. The minimum atomic E-state index is 0. The first-order valence-corrected chi connectivity index (χ1v) is 10.7. The second kappa shape index (κ2) is 11.8. The molecule has 1 saturated heterocycles. The third kappa shape index (κ3) is 6.45. The average Bonchev–Trinajstić information content (AvgIpc) is 3.33. The van der Waals surface area contributed by atoms with Crippen molar-refractivity contribution in [3.63, 3.8) is 0 Å². The van der Waals surface area contributed by atoms with Gasteiger partial charge in [-0.3, -0.25) is 14.6 Å². The number of thiophene rings is 1. The van der Waals surface area contributed by atoms with Crippen LogP contribution in [-0.2, 0) is 6.54 Å². The Labute approximate surface area is 189 Å². The first kappa shape index (κ1) is 23.2. The van der Waals surface area contributed by atoms with Crippen molar-refractivity contribution in [1.29, 1.82) is 0 Å². The maximum atomic E-state index is 4.39. The number of guanidine groups is 1. The van der Waals surface area contributed by atoms with E-state index in [2.05, 4.69) is 63.3 Å².